The Kier molecular flexibility index (Phi) is 9.62. The lowest BCUT2D eigenvalue weighted by atomic mass is 10.1. The molecule has 4 rings (SSSR count). The van der Waals surface area contributed by atoms with Crippen molar-refractivity contribution in [2.24, 2.45) is 4.99 Å². The molecule has 178 valence electrons. The van der Waals surface area contributed by atoms with Gasteiger partial charge in [-0.15, -0.1) is 24.0 Å². The van der Waals surface area contributed by atoms with Crippen molar-refractivity contribution in [3.8, 4) is 22.9 Å². The fourth-order valence-corrected chi connectivity index (χ4v) is 3.29. The van der Waals surface area contributed by atoms with Crippen molar-refractivity contribution in [2.75, 3.05) is 6.54 Å². The number of nitrogens with zero attached hydrogens (tertiary/aromatic N) is 4. The van der Waals surface area contributed by atoms with Crippen LogP contribution in [0.2, 0.25) is 0 Å². The predicted molar refractivity (Wildman–Crippen MR) is 143 cm³/mol. The monoisotopic (exact) mass is 572 g/mol. The number of hydrogen-bond donors (Lipinski definition) is 2. The van der Waals surface area contributed by atoms with Crippen LogP contribution in [0.3, 0.4) is 0 Å². The van der Waals surface area contributed by atoms with Crippen molar-refractivity contribution in [1.29, 1.82) is 0 Å². The fraction of sp³-hybridized carbons (Fsp3) is 0.280. The van der Waals surface area contributed by atoms with Crippen molar-refractivity contribution in [1.82, 2.24) is 25.8 Å². The van der Waals surface area contributed by atoms with Crippen LogP contribution >= 0.6 is 24.0 Å². The van der Waals surface area contributed by atoms with Crippen LogP contribution in [-0.4, -0.2) is 27.6 Å². The molecule has 0 aliphatic heterocycles. The molecule has 0 fully saturated rings. The molecule has 0 aliphatic rings. The van der Waals surface area contributed by atoms with Gasteiger partial charge in [-0.1, -0.05) is 42.4 Å². The maximum atomic E-state index is 5.61. The minimum atomic E-state index is 0. The van der Waals surface area contributed by atoms with Gasteiger partial charge in [-0.25, -0.2) is 9.98 Å². The van der Waals surface area contributed by atoms with Crippen molar-refractivity contribution in [2.45, 2.75) is 39.8 Å². The van der Waals surface area contributed by atoms with Crippen LogP contribution in [0.25, 0.3) is 22.9 Å². The quantitative estimate of drug-likeness (QED) is 0.161. The van der Waals surface area contributed by atoms with Gasteiger partial charge in [0.15, 0.2) is 11.8 Å². The summed E-state index contributed by atoms with van der Waals surface area (Å²) >= 11 is 0. The number of nitrogens with one attached hydrogen (secondary N) is 2. The summed E-state index contributed by atoms with van der Waals surface area (Å²) in [4.78, 5) is 13.7. The Morgan fingerprint density at radius 1 is 0.941 bits per heavy atom. The molecule has 9 heteroatoms. The summed E-state index contributed by atoms with van der Waals surface area (Å²) in [5, 5.41) is 10.6. The second-order valence-corrected chi connectivity index (χ2v) is 7.52. The molecule has 0 spiro atoms. The first-order valence-corrected chi connectivity index (χ1v) is 11.2. The van der Waals surface area contributed by atoms with Crippen LogP contribution in [0.1, 0.15) is 37.4 Å². The Balaban J connectivity index is 0.00000324. The predicted octanol–water partition coefficient (Wildman–Crippen LogP) is 5.22. The topological polar surface area (TPSA) is 101 Å². The molecule has 0 saturated heterocycles. The molecule has 0 amide bonds. The molecule has 2 aromatic carbocycles. The summed E-state index contributed by atoms with van der Waals surface area (Å²) in [6, 6.07) is 17.8. The molecule has 0 unspecified atom stereocenters. The van der Waals surface area contributed by atoms with E-state index >= 15 is 0 Å². The first kappa shape index (κ1) is 25.4. The van der Waals surface area contributed by atoms with Crippen LogP contribution in [0.4, 0.5) is 0 Å². The van der Waals surface area contributed by atoms with Gasteiger partial charge < -0.3 is 19.6 Å². The Morgan fingerprint density at radius 2 is 1.76 bits per heavy atom. The second kappa shape index (κ2) is 12.9. The minimum absolute atomic E-state index is 0. The highest BCUT2D eigenvalue weighted by molar-refractivity contribution is 14.0. The summed E-state index contributed by atoms with van der Waals surface area (Å²) in [5.74, 6) is 2.58. The van der Waals surface area contributed by atoms with E-state index in [1.54, 1.807) is 6.26 Å². The lowest BCUT2D eigenvalue weighted by Gasteiger charge is -2.10. The average molecular weight is 572 g/mol. The maximum Gasteiger partial charge on any atom is 0.257 e. The van der Waals surface area contributed by atoms with Crippen LogP contribution < -0.4 is 10.6 Å². The van der Waals surface area contributed by atoms with E-state index in [1.165, 1.54) is 0 Å². The van der Waals surface area contributed by atoms with Gasteiger partial charge in [0.1, 0.15) is 6.26 Å². The van der Waals surface area contributed by atoms with Gasteiger partial charge in [0.2, 0.25) is 5.89 Å². The molecule has 0 bridgehead atoms. The zero-order valence-electron chi connectivity index (χ0n) is 19.3. The average Bonchev–Trinajstić information content (AvgIpc) is 3.52. The van der Waals surface area contributed by atoms with Gasteiger partial charge in [-0.2, -0.15) is 4.98 Å². The number of rotatable bonds is 9. The SMILES string of the molecule is CCCc1noc(-c2cccc(CN=C(NCC)NCc3coc(-c4ccccc4)n3)c2)n1.I. The van der Waals surface area contributed by atoms with Crippen LogP contribution in [0, 0.1) is 0 Å². The molecular formula is C25H29IN6O2. The van der Waals surface area contributed by atoms with E-state index in [0.29, 0.717) is 30.8 Å². The highest BCUT2D eigenvalue weighted by Gasteiger charge is 2.10. The van der Waals surface area contributed by atoms with Crippen LogP contribution in [0.15, 0.2) is 74.8 Å². The summed E-state index contributed by atoms with van der Waals surface area (Å²) in [6.45, 7) is 5.89. The zero-order valence-corrected chi connectivity index (χ0v) is 21.7. The van der Waals surface area contributed by atoms with E-state index < -0.39 is 0 Å². The number of benzene rings is 2. The van der Waals surface area contributed by atoms with Crippen molar-refractivity contribution in [3.05, 3.63) is 77.9 Å². The number of aliphatic imine (C=N–C) groups is 1. The molecule has 8 nitrogen and oxygen atoms in total. The molecule has 34 heavy (non-hydrogen) atoms. The smallest absolute Gasteiger partial charge is 0.257 e. The fourth-order valence-electron chi connectivity index (χ4n) is 3.29. The molecule has 2 heterocycles. The zero-order chi connectivity index (χ0) is 22.9. The van der Waals surface area contributed by atoms with E-state index in [9.17, 15) is 0 Å². The molecule has 2 N–H and O–H groups in total. The molecule has 2 aromatic heterocycles. The lowest BCUT2D eigenvalue weighted by Crippen LogP contribution is -2.36. The number of aryl methyl sites for hydroxylation is 1. The number of aromatic nitrogens is 3. The first-order chi connectivity index (χ1) is 16.2. The summed E-state index contributed by atoms with van der Waals surface area (Å²) in [7, 11) is 0. The third-order valence-electron chi connectivity index (χ3n) is 4.89. The number of halogens is 1. The minimum Gasteiger partial charge on any atom is -0.444 e. The van der Waals surface area contributed by atoms with E-state index in [4.69, 9.17) is 13.9 Å². The van der Waals surface area contributed by atoms with Crippen molar-refractivity contribution in [3.63, 3.8) is 0 Å². The van der Waals surface area contributed by atoms with Gasteiger partial charge in [0.05, 0.1) is 18.8 Å². The standard InChI is InChI=1S/C25H28N6O2.HI/c1-3-9-22-30-24(33-31-22)20-13-8-10-18(14-20)15-27-25(26-4-2)28-16-21-17-32-23(29-21)19-11-6-5-7-12-19;/h5-8,10-14,17H,3-4,9,15-16H2,1-2H3,(H2,26,27,28);1H. The van der Waals surface area contributed by atoms with Crippen LogP contribution in [-0.2, 0) is 19.5 Å². The van der Waals surface area contributed by atoms with Crippen LogP contribution in [0.5, 0.6) is 0 Å². The van der Waals surface area contributed by atoms with Gasteiger partial charge in [-0.05, 0) is 43.2 Å². The molecule has 0 atom stereocenters. The third-order valence-corrected chi connectivity index (χ3v) is 4.89. The van der Waals surface area contributed by atoms with Gasteiger partial charge in [0, 0.05) is 24.1 Å². The lowest BCUT2D eigenvalue weighted by molar-refractivity contribution is 0.422. The van der Waals surface area contributed by atoms with E-state index in [0.717, 1.165) is 47.6 Å². The Morgan fingerprint density at radius 3 is 2.56 bits per heavy atom. The van der Waals surface area contributed by atoms with E-state index in [2.05, 4.69) is 32.7 Å². The van der Waals surface area contributed by atoms with Crippen molar-refractivity contribution >= 4 is 29.9 Å². The number of oxazole rings is 1. The van der Waals surface area contributed by atoms with Crippen molar-refractivity contribution < 1.29 is 8.94 Å². The summed E-state index contributed by atoms with van der Waals surface area (Å²) < 4.78 is 11.0. The third kappa shape index (κ3) is 6.89. The van der Waals surface area contributed by atoms with Gasteiger partial charge >= 0.3 is 0 Å². The second-order valence-electron chi connectivity index (χ2n) is 7.52. The molecule has 4 aromatic rings. The first-order valence-electron chi connectivity index (χ1n) is 11.2. The Labute approximate surface area is 216 Å². The number of guanidine groups is 1. The molecule has 0 saturated carbocycles. The Hall–Kier alpha value is -3.21. The van der Waals surface area contributed by atoms with E-state index in [1.807, 2.05) is 61.5 Å². The molecule has 0 aliphatic carbocycles. The largest absolute Gasteiger partial charge is 0.444 e. The molecular weight excluding hydrogens is 543 g/mol. The van der Waals surface area contributed by atoms with E-state index in [-0.39, 0.29) is 24.0 Å². The van der Waals surface area contributed by atoms with Gasteiger partial charge in [0.25, 0.3) is 5.89 Å². The number of hydrogen-bond acceptors (Lipinski definition) is 6. The summed E-state index contributed by atoms with van der Waals surface area (Å²) in [5.41, 5.74) is 3.70. The maximum absolute atomic E-state index is 5.61. The molecule has 0 radical (unpaired) electrons. The highest BCUT2D eigenvalue weighted by Crippen LogP contribution is 2.20. The highest BCUT2D eigenvalue weighted by atomic mass is 127. The summed E-state index contributed by atoms with van der Waals surface area (Å²) in [6.07, 6.45) is 3.46. The normalized spacial score (nSPS) is 11.2. The van der Waals surface area contributed by atoms with Gasteiger partial charge in [-0.3, -0.25) is 0 Å². The Bertz CT molecular complexity index is 1190.